The van der Waals surface area contributed by atoms with Crippen LogP contribution in [-0.2, 0) is 14.3 Å². The highest BCUT2D eigenvalue weighted by molar-refractivity contribution is 5.82. The maximum Gasteiger partial charge on any atom is 0.351 e. The molecule has 1 aliphatic rings. The zero-order chi connectivity index (χ0) is 15.1. The highest BCUT2D eigenvalue weighted by Crippen LogP contribution is 2.30. The zero-order valence-corrected chi connectivity index (χ0v) is 11.2. The molecular formula is C14H14N2O5. The molecule has 1 atom stereocenters. The highest BCUT2D eigenvalue weighted by Gasteiger charge is 2.28. The van der Waals surface area contributed by atoms with Gasteiger partial charge in [0.2, 0.25) is 6.10 Å². The predicted octanol–water partition coefficient (Wildman–Crippen LogP) is 0.399. The van der Waals surface area contributed by atoms with Gasteiger partial charge in [0, 0.05) is 6.54 Å². The average molecular weight is 290 g/mol. The van der Waals surface area contributed by atoms with Crippen LogP contribution in [0.25, 0.3) is 0 Å². The molecule has 1 heterocycles. The SMILES string of the molecule is N#CCCNC(=O)COC(=O)[C@@H]1COc2ccccc2O1. The highest BCUT2D eigenvalue weighted by atomic mass is 16.6. The summed E-state index contributed by atoms with van der Waals surface area (Å²) in [5.41, 5.74) is 0. The number of nitrogens with one attached hydrogen (secondary N) is 1. The van der Waals surface area contributed by atoms with Gasteiger partial charge in [-0.05, 0) is 12.1 Å². The number of nitrogens with zero attached hydrogens (tertiary/aromatic N) is 1. The van der Waals surface area contributed by atoms with Gasteiger partial charge < -0.3 is 19.5 Å². The van der Waals surface area contributed by atoms with E-state index in [1.807, 2.05) is 6.07 Å². The Kier molecular flexibility index (Phi) is 4.99. The normalized spacial score (nSPS) is 15.7. The van der Waals surface area contributed by atoms with Crippen molar-refractivity contribution in [1.82, 2.24) is 5.32 Å². The number of para-hydroxylation sites is 2. The average Bonchev–Trinajstić information content (AvgIpc) is 2.52. The number of nitriles is 1. The number of amides is 1. The molecule has 1 aromatic rings. The van der Waals surface area contributed by atoms with Crippen LogP contribution in [0.15, 0.2) is 24.3 Å². The second-order valence-corrected chi connectivity index (χ2v) is 4.23. The van der Waals surface area contributed by atoms with Gasteiger partial charge in [-0.1, -0.05) is 12.1 Å². The number of hydrogen-bond donors (Lipinski definition) is 1. The standard InChI is InChI=1S/C14H14N2O5/c15-6-3-7-16-13(17)9-20-14(18)12-8-19-10-4-1-2-5-11(10)21-12/h1-2,4-5,12H,3,7-9H2,(H,16,17)/t12-/m0/s1. The van der Waals surface area contributed by atoms with E-state index in [1.54, 1.807) is 24.3 Å². The molecule has 21 heavy (non-hydrogen) atoms. The van der Waals surface area contributed by atoms with E-state index in [2.05, 4.69) is 5.32 Å². The van der Waals surface area contributed by atoms with Crippen LogP contribution in [0.1, 0.15) is 6.42 Å². The van der Waals surface area contributed by atoms with Crippen molar-refractivity contribution in [3.05, 3.63) is 24.3 Å². The van der Waals surface area contributed by atoms with Crippen LogP contribution >= 0.6 is 0 Å². The Bertz CT molecular complexity index is 567. The topological polar surface area (TPSA) is 97.7 Å². The first-order valence-corrected chi connectivity index (χ1v) is 6.39. The molecule has 7 heteroatoms. The molecule has 7 nitrogen and oxygen atoms in total. The summed E-state index contributed by atoms with van der Waals surface area (Å²) in [6.07, 6.45) is -0.692. The third kappa shape index (κ3) is 4.11. The van der Waals surface area contributed by atoms with E-state index >= 15 is 0 Å². The van der Waals surface area contributed by atoms with E-state index in [0.29, 0.717) is 11.5 Å². The van der Waals surface area contributed by atoms with E-state index in [1.165, 1.54) is 0 Å². The summed E-state index contributed by atoms with van der Waals surface area (Å²) < 4.78 is 15.7. The molecule has 1 aliphatic heterocycles. The van der Waals surface area contributed by atoms with Crippen LogP contribution in [0, 0.1) is 11.3 Å². The fourth-order valence-corrected chi connectivity index (χ4v) is 1.67. The molecule has 1 aromatic carbocycles. The summed E-state index contributed by atoms with van der Waals surface area (Å²) in [5.74, 6) is -0.101. The molecule has 2 rings (SSSR count). The maximum atomic E-state index is 11.8. The van der Waals surface area contributed by atoms with Crippen molar-refractivity contribution in [3.63, 3.8) is 0 Å². The summed E-state index contributed by atoms with van der Waals surface area (Å²) >= 11 is 0. The Morgan fingerprint density at radius 1 is 1.38 bits per heavy atom. The molecule has 1 amide bonds. The number of carbonyl (C=O) groups is 2. The third-order valence-corrected chi connectivity index (χ3v) is 2.68. The maximum absolute atomic E-state index is 11.8. The largest absolute Gasteiger partial charge is 0.485 e. The van der Waals surface area contributed by atoms with Crippen LogP contribution in [0.3, 0.4) is 0 Å². The van der Waals surface area contributed by atoms with Gasteiger partial charge >= 0.3 is 5.97 Å². The quantitative estimate of drug-likeness (QED) is 0.622. The lowest BCUT2D eigenvalue weighted by molar-refractivity contribution is -0.157. The fraction of sp³-hybridized carbons (Fsp3) is 0.357. The number of fused-ring (bicyclic) bond motifs is 1. The second kappa shape index (κ2) is 7.14. The van der Waals surface area contributed by atoms with Crippen molar-refractivity contribution < 1.29 is 23.8 Å². The van der Waals surface area contributed by atoms with Gasteiger partial charge in [-0.3, -0.25) is 4.79 Å². The van der Waals surface area contributed by atoms with Crippen LogP contribution in [0.4, 0.5) is 0 Å². The summed E-state index contributed by atoms with van der Waals surface area (Å²) in [6.45, 7) is -0.152. The molecule has 0 saturated heterocycles. The molecule has 0 unspecified atom stereocenters. The Balaban J connectivity index is 1.77. The van der Waals surface area contributed by atoms with Crippen LogP contribution in [-0.4, -0.2) is 37.7 Å². The van der Waals surface area contributed by atoms with Crippen LogP contribution in [0.2, 0.25) is 0 Å². The second-order valence-electron chi connectivity index (χ2n) is 4.23. The number of esters is 1. The third-order valence-electron chi connectivity index (χ3n) is 2.68. The van der Waals surface area contributed by atoms with E-state index in [4.69, 9.17) is 19.5 Å². The number of hydrogen-bond acceptors (Lipinski definition) is 6. The van der Waals surface area contributed by atoms with Gasteiger partial charge in [0.1, 0.15) is 6.61 Å². The van der Waals surface area contributed by atoms with E-state index in [0.717, 1.165) is 0 Å². The smallest absolute Gasteiger partial charge is 0.351 e. The molecule has 110 valence electrons. The summed E-state index contributed by atoms with van der Waals surface area (Å²) in [5, 5.41) is 10.8. The summed E-state index contributed by atoms with van der Waals surface area (Å²) in [6, 6.07) is 8.87. The molecule has 0 fully saturated rings. The van der Waals surface area contributed by atoms with Crippen molar-refractivity contribution in [2.75, 3.05) is 19.8 Å². The van der Waals surface area contributed by atoms with Crippen molar-refractivity contribution in [3.8, 4) is 17.6 Å². The van der Waals surface area contributed by atoms with E-state index in [9.17, 15) is 9.59 Å². The zero-order valence-electron chi connectivity index (χ0n) is 11.2. The molecular weight excluding hydrogens is 276 g/mol. The first-order chi connectivity index (χ1) is 10.2. The number of ether oxygens (including phenoxy) is 3. The molecule has 0 saturated carbocycles. The Labute approximate surface area is 121 Å². The molecule has 1 N–H and O–H groups in total. The van der Waals surface area contributed by atoms with E-state index in [-0.39, 0.29) is 19.6 Å². The first kappa shape index (κ1) is 14.7. The van der Waals surface area contributed by atoms with Crippen LogP contribution in [0.5, 0.6) is 11.5 Å². The molecule has 0 aliphatic carbocycles. The fourth-order valence-electron chi connectivity index (χ4n) is 1.67. The number of rotatable bonds is 5. The lowest BCUT2D eigenvalue weighted by Gasteiger charge is -2.24. The number of carbonyl (C=O) groups excluding carboxylic acids is 2. The van der Waals surface area contributed by atoms with Gasteiger partial charge in [-0.2, -0.15) is 5.26 Å². The predicted molar refractivity (Wildman–Crippen MR) is 70.6 cm³/mol. The van der Waals surface area contributed by atoms with Gasteiger partial charge in [0.05, 0.1) is 12.5 Å². The number of benzene rings is 1. The van der Waals surface area contributed by atoms with Crippen molar-refractivity contribution in [2.45, 2.75) is 12.5 Å². The van der Waals surface area contributed by atoms with Gasteiger partial charge in [-0.15, -0.1) is 0 Å². The molecule has 0 spiro atoms. The van der Waals surface area contributed by atoms with Gasteiger partial charge in [0.15, 0.2) is 18.1 Å². The summed E-state index contributed by atoms with van der Waals surface area (Å²) in [7, 11) is 0. The van der Waals surface area contributed by atoms with Crippen molar-refractivity contribution >= 4 is 11.9 Å². The van der Waals surface area contributed by atoms with Crippen molar-refractivity contribution in [2.24, 2.45) is 0 Å². The molecule has 0 radical (unpaired) electrons. The summed E-state index contributed by atoms with van der Waals surface area (Å²) in [4.78, 5) is 23.1. The monoisotopic (exact) mass is 290 g/mol. The Morgan fingerprint density at radius 2 is 2.14 bits per heavy atom. The van der Waals surface area contributed by atoms with Crippen LogP contribution < -0.4 is 14.8 Å². The van der Waals surface area contributed by atoms with Gasteiger partial charge in [0.25, 0.3) is 5.91 Å². The van der Waals surface area contributed by atoms with Crippen molar-refractivity contribution in [1.29, 1.82) is 5.26 Å². The van der Waals surface area contributed by atoms with Gasteiger partial charge in [-0.25, -0.2) is 4.79 Å². The molecule has 0 bridgehead atoms. The Morgan fingerprint density at radius 3 is 2.90 bits per heavy atom. The lowest BCUT2D eigenvalue weighted by atomic mass is 10.2. The van der Waals surface area contributed by atoms with E-state index < -0.39 is 24.6 Å². The first-order valence-electron chi connectivity index (χ1n) is 6.39. The minimum Gasteiger partial charge on any atom is -0.485 e. The lowest BCUT2D eigenvalue weighted by Crippen LogP contribution is -2.39. The minimum atomic E-state index is -0.896. The Hall–Kier alpha value is -2.75. The molecule has 0 aromatic heterocycles. The minimum absolute atomic E-state index is 0.0336.